The number of nitrogens with one attached hydrogen (secondary N) is 1. The Kier molecular flexibility index (Phi) is 4.96. The van der Waals surface area contributed by atoms with Crippen molar-refractivity contribution in [3.63, 3.8) is 0 Å². The maximum absolute atomic E-state index is 9.06. The first-order valence-electron chi connectivity index (χ1n) is 6.64. The minimum atomic E-state index is -0.218. The van der Waals surface area contributed by atoms with Crippen molar-refractivity contribution in [2.45, 2.75) is 18.6 Å². The molecule has 1 saturated heterocycles. The molecule has 1 N–H and O–H groups in total. The molecule has 2 rings (SSSR count). The van der Waals surface area contributed by atoms with E-state index in [2.05, 4.69) is 11.4 Å². The van der Waals surface area contributed by atoms with E-state index in [9.17, 15) is 0 Å². The smallest absolute Gasteiger partial charge is 0.136 e. The molecule has 0 spiro atoms. The first-order valence-corrected chi connectivity index (χ1v) is 6.64. The summed E-state index contributed by atoms with van der Waals surface area (Å²) in [4.78, 5) is 0. The lowest BCUT2D eigenvalue weighted by Gasteiger charge is -2.26. The molecule has 1 aliphatic heterocycles. The van der Waals surface area contributed by atoms with Crippen molar-refractivity contribution < 1.29 is 14.2 Å². The molecule has 1 aromatic rings. The molecule has 0 aliphatic carbocycles. The van der Waals surface area contributed by atoms with Crippen LogP contribution in [-0.2, 0) is 16.0 Å². The highest BCUT2D eigenvalue weighted by atomic mass is 16.5. The quantitative estimate of drug-likeness (QED) is 0.852. The van der Waals surface area contributed by atoms with Crippen LogP contribution in [0, 0.1) is 11.3 Å². The second-order valence-corrected chi connectivity index (χ2v) is 4.94. The summed E-state index contributed by atoms with van der Waals surface area (Å²) in [6, 6.07) is 7.76. The zero-order chi connectivity index (χ0) is 14.4. The molecule has 5 nitrogen and oxygen atoms in total. The summed E-state index contributed by atoms with van der Waals surface area (Å²) >= 11 is 0. The van der Waals surface area contributed by atoms with Crippen molar-refractivity contribution in [2.75, 3.05) is 34.0 Å². The Morgan fingerprint density at radius 1 is 1.45 bits per heavy atom. The highest BCUT2D eigenvalue weighted by Crippen LogP contribution is 2.22. The van der Waals surface area contributed by atoms with Gasteiger partial charge in [-0.25, -0.2) is 0 Å². The van der Waals surface area contributed by atoms with Gasteiger partial charge in [0.1, 0.15) is 17.4 Å². The molecule has 1 aliphatic rings. The fourth-order valence-electron chi connectivity index (χ4n) is 2.35. The average Bonchev–Trinajstić information content (AvgIpc) is 2.96. The van der Waals surface area contributed by atoms with Crippen molar-refractivity contribution in [1.29, 1.82) is 5.26 Å². The van der Waals surface area contributed by atoms with Gasteiger partial charge in [0, 0.05) is 33.2 Å². The number of nitrogens with zero attached hydrogens (tertiary/aromatic N) is 1. The molecule has 1 heterocycles. The van der Waals surface area contributed by atoms with Crippen molar-refractivity contribution in [1.82, 2.24) is 5.32 Å². The molecular weight excluding hydrogens is 256 g/mol. The van der Waals surface area contributed by atoms with E-state index in [4.69, 9.17) is 19.5 Å². The van der Waals surface area contributed by atoms with E-state index in [1.54, 1.807) is 14.2 Å². The van der Waals surface area contributed by atoms with Crippen LogP contribution >= 0.6 is 0 Å². The van der Waals surface area contributed by atoms with Gasteiger partial charge in [0.05, 0.1) is 19.3 Å². The van der Waals surface area contributed by atoms with E-state index < -0.39 is 0 Å². The number of benzene rings is 1. The third-order valence-corrected chi connectivity index (χ3v) is 3.66. The fourth-order valence-corrected chi connectivity index (χ4v) is 2.35. The predicted molar refractivity (Wildman–Crippen MR) is 74.6 cm³/mol. The number of hydrogen-bond donors (Lipinski definition) is 1. The van der Waals surface area contributed by atoms with Crippen LogP contribution in [0.3, 0.4) is 0 Å². The van der Waals surface area contributed by atoms with E-state index in [0.717, 1.165) is 25.1 Å². The van der Waals surface area contributed by atoms with Crippen LogP contribution in [0.15, 0.2) is 18.2 Å². The summed E-state index contributed by atoms with van der Waals surface area (Å²) in [5.74, 6) is 0.605. The lowest BCUT2D eigenvalue weighted by Crippen LogP contribution is -2.42. The lowest BCUT2D eigenvalue weighted by atomic mass is 10.0. The molecule has 0 bridgehead atoms. The Balaban J connectivity index is 1.93. The van der Waals surface area contributed by atoms with Gasteiger partial charge in [-0.2, -0.15) is 5.26 Å². The minimum Gasteiger partial charge on any atom is -0.495 e. The van der Waals surface area contributed by atoms with Crippen LogP contribution in [0.1, 0.15) is 17.5 Å². The summed E-state index contributed by atoms with van der Waals surface area (Å²) in [7, 11) is 3.29. The predicted octanol–water partition coefficient (Wildman–Crippen LogP) is 1.46. The third-order valence-electron chi connectivity index (χ3n) is 3.66. The van der Waals surface area contributed by atoms with Gasteiger partial charge in [-0.15, -0.1) is 0 Å². The minimum absolute atomic E-state index is 0.218. The van der Waals surface area contributed by atoms with Gasteiger partial charge in [-0.3, -0.25) is 0 Å². The highest BCUT2D eigenvalue weighted by molar-refractivity contribution is 5.45. The zero-order valence-electron chi connectivity index (χ0n) is 11.9. The Bertz CT molecular complexity index is 490. The lowest BCUT2D eigenvalue weighted by molar-refractivity contribution is -0.0159. The monoisotopic (exact) mass is 276 g/mol. The van der Waals surface area contributed by atoms with E-state index in [1.807, 2.05) is 18.2 Å². The summed E-state index contributed by atoms with van der Waals surface area (Å²) in [5, 5.41) is 12.4. The molecule has 0 radical (unpaired) electrons. The molecule has 20 heavy (non-hydrogen) atoms. The number of methoxy groups -OCH3 is 2. The van der Waals surface area contributed by atoms with Crippen LogP contribution < -0.4 is 10.1 Å². The molecule has 5 heteroatoms. The molecule has 0 aromatic heterocycles. The maximum Gasteiger partial charge on any atom is 0.136 e. The molecule has 1 unspecified atom stereocenters. The topological polar surface area (TPSA) is 63.5 Å². The molecule has 1 atom stereocenters. The second-order valence-electron chi connectivity index (χ2n) is 4.94. The normalized spacial score (nSPS) is 21.6. The Morgan fingerprint density at radius 2 is 2.30 bits per heavy atom. The van der Waals surface area contributed by atoms with E-state index in [1.165, 1.54) is 0 Å². The molecule has 1 fully saturated rings. The Hall–Kier alpha value is -1.61. The van der Waals surface area contributed by atoms with Crippen molar-refractivity contribution >= 4 is 0 Å². The number of hydrogen-bond acceptors (Lipinski definition) is 5. The van der Waals surface area contributed by atoms with Gasteiger partial charge in [0.15, 0.2) is 0 Å². The van der Waals surface area contributed by atoms with Crippen LogP contribution in [0.4, 0.5) is 0 Å². The van der Waals surface area contributed by atoms with Crippen molar-refractivity contribution in [3.05, 3.63) is 29.3 Å². The standard InChI is InChI=1S/C15H20N2O3/c1-18-14-4-3-12(7-13(14)8-16)9-17-10-15(19-2)5-6-20-11-15/h3-4,7,17H,5-6,9-11H2,1-2H3. The van der Waals surface area contributed by atoms with E-state index >= 15 is 0 Å². The second kappa shape index (κ2) is 6.71. The first kappa shape index (κ1) is 14.8. The summed E-state index contributed by atoms with van der Waals surface area (Å²) < 4.78 is 16.1. The van der Waals surface area contributed by atoms with Gasteiger partial charge >= 0.3 is 0 Å². The van der Waals surface area contributed by atoms with Gasteiger partial charge in [-0.1, -0.05) is 6.07 Å². The van der Waals surface area contributed by atoms with Crippen molar-refractivity contribution in [2.24, 2.45) is 0 Å². The summed E-state index contributed by atoms with van der Waals surface area (Å²) in [5.41, 5.74) is 1.38. The van der Waals surface area contributed by atoms with E-state index in [0.29, 0.717) is 24.5 Å². The van der Waals surface area contributed by atoms with Gasteiger partial charge in [0.25, 0.3) is 0 Å². The van der Waals surface area contributed by atoms with Crippen LogP contribution in [-0.4, -0.2) is 39.6 Å². The summed E-state index contributed by atoms with van der Waals surface area (Å²) in [6.07, 6.45) is 0.905. The molecule has 0 saturated carbocycles. The molecular formula is C15H20N2O3. The number of nitriles is 1. The van der Waals surface area contributed by atoms with Crippen LogP contribution in [0.2, 0.25) is 0 Å². The van der Waals surface area contributed by atoms with Gasteiger partial charge < -0.3 is 19.5 Å². The number of ether oxygens (including phenoxy) is 3. The van der Waals surface area contributed by atoms with E-state index in [-0.39, 0.29) is 5.60 Å². The Labute approximate surface area is 119 Å². The molecule has 108 valence electrons. The first-order chi connectivity index (χ1) is 9.73. The summed E-state index contributed by atoms with van der Waals surface area (Å²) in [6.45, 7) is 2.79. The highest BCUT2D eigenvalue weighted by Gasteiger charge is 2.34. The fraction of sp³-hybridized carbons (Fsp3) is 0.533. The maximum atomic E-state index is 9.06. The SMILES string of the molecule is COc1ccc(CNCC2(OC)CCOC2)cc1C#N. The molecule has 1 aromatic carbocycles. The van der Waals surface area contributed by atoms with Crippen LogP contribution in [0.25, 0.3) is 0 Å². The van der Waals surface area contributed by atoms with Gasteiger partial charge in [0.2, 0.25) is 0 Å². The van der Waals surface area contributed by atoms with Gasteiger partial charge in [-0.05, 0) is 17.7 Å². The number of rotatable bonds is 6. The van der Waals surface area contributed by atoms with Crippen LogP contribution in [0.5, 0.6) is 5.75 Å². The Morgan fingerprint density at radius 3 is 2.90 bits per heavy atom. The van der Waals surface area contributed by atoms with Crippen molar-refractivity contribution in [3.8, 4) is 11.8 Å². The average molecular weight is 276 g/mol. The largest absolute Gasteiger partial charge is 0.495 e. The molecule has 0 amide bonds. The zero-order valence-corrected chi connectivity index (χ0v) is 11.9. The third kappa shape index (κ3) is 3.28.